The van der Waals surface area contributed by atoms with E-state index in [-0.39, 0.29) is 12.5 Å². The Hall–Kier alpha value is -1.58. The number of rotatable bonds is 4. The minimum atomic E-state index is -0.418. The molecule has 1 aliphatic rings. The first-order valence-corrected chi connectivity index (χ1v) is 5.31. The largest absolute Gasteiger partial charge is 0.461 e. The SMILES string of the molecule is C=C[C@H]1COC(=O)/C1=C(/CCC)OC(C)=O. The van der Waals surface area contributed by atoms with Crippen LogP contribution in [0.5, 0.6) is 0 Å². The summed E-state index contributed by atoms with van der Waals surface area (Å²) in [4.78, 5) is 22.5. The maximum atomic E-state index is 11.5. The second kappa shape index (κ2) is 5.49. The first-order valence-electron chi connectivity index (χ1n) is 5.31. The Morgan fingerprint density at radius 2 is 2.38 bits per heavy atom. The highest BCUT2D eigenvalue weighted by Crippen LogP contribution is 2.28. The monoisotopic (exact) mass is 224 g/mol. The molecule has 16 heavy (non-hydrogen) atoms. The summed E-state index contributed by atoms with van der Waals surface area (Å²) in [5.41, 5.74) is 0.437. The van der Waals surface area contributed by atoms with E-state index in [0.29, 0.717) is 17.8 Å². The van der Waals surface area contributed by atoms with Crippen LogP contribution in [-0.2, 0) is 19.1 Å². The predicted molar refractivity (Wildman–Crippen MR) is 58.3 cm³/mol. The van der Waals surface area contributed by atoms with Crippen LogP contribution in [0.3, 0.4) is 0 Å². The zero-order chi connectivity index (χ0) is 12.1. The van der Waals surface area contributed by atoms with Gasteiger partial charge in [0.2, 0.25) is 0 Å². The number of hydrogen-bond acceptors (Lipinski definition) is 4. The Balaban J connectivity index is 3.05. The van der Waals surface area contributed by atoms with Crippen molar-refractivity contribution in [3.63, 3.8) is 0 Å². The van der Waals surface area contributed by atoms with Gasteiger partial charge in [-0.05, 0) is 6.42 Å². The molecule has 0 aromatic heterocycles. The van der Waals surface area contributed by atoms with Crippen LogP contribution in [0.1, 0.15) is 26.7 Å². The molecular weight excluding hydrogens is 208 g/mol. The van der Waals surface area contributed by atoms with E-state index in [4.69, 9.17) is 9.47 Å². The molecule has 88 valence electrons. The summed E-state index contributed by atoms with van der Waals surface area (Å²) in [6.45, 7) is 7.20. The Labute approximate surface area is 94.9 Å². The molecule has 0 bridgehead atoms. The van der Waals surface area contributed by atoms with Crippen LogP contribution >= 0.6 is 0 Å². The van der Waals surface area contributed by atoms with E-state index in [1.165, 1.54) is 6.92 Å². The molecule has 1 saturated heterocycles. The molecule has 4 heteroatoms. The lowest BCUT2D eigenvalue weighted by molar-refractivity contribution is -0.137. The molecule has 0 N–H and O–H groups in total. The van der Waals surface area contributed by atoms with Crippen molar-refractivity contribution in [2.75, 3.05) is 6.61 Å². The van der Waals surface area contributed by atoms with Gasteiger partial charge in [0.25, 0.3) is 0 Å². The van der Waals surface area contributed by atoms with Gasteiger partial charge in [0.1, 0.15) is 12.4 Å². The summed E-state index contributed by atoms with van der Waals surface area (Å²) in [5.74, 6) is -0.580. The van der Waals surface area contributed by atoms with Gasteiger partial charge in [0.15, 0.2) is 0 Å². The van der Waals surface area contributed by atoms with Gasteiger partial charge in [-0.3, -0.25) is 4.79 Å². The van der Waals surface area contributed by atoms with E-state index in [0.717, 1.165) is 6.42 Å². The van der Waals surface area contributed by atoms with Gasteiger partial charge >= 0.3 is 11.9 Å². The minimum absolute atomic E-state index is 0.173. The smallest absolute Gasteiger partial charge is 0.338 e. The third-order valence-electron chi connectivity index (χ3n) is 2.31. The molecule has 1 heterocycles. The molecule has 1 atom stereocenters. The first-order chi connectivity index (χ1) is 7.60. The highest BCUT2D eigenvalue weighted by Gasteiger charge is 2.32. The highest BCUT2D eigenvalue weighted by molar-refractivity contribution is 5.92. The molecule has 4 nitrogen and oxygen atoms in total. The zero-order valence-electron chi connectivity index (χ0n) is 9.62. The maximum absolute atomic E-state index is 11.5. The summed E-state index contributed by atoms with van der Waals surface area (Å²) in [5, 5.41) is 0. The molecule has 0 saturated carbocycles. The van der Waals surface area contributed by atoms with Crippen LogP contribution in [0.4, 0.5) is 0 Å². The summed E-state index contributed by atoms with van der Waals surface area (Å²) in [6.07, 6.45) is 2.98. The topological polar surface area (TPSA) is 52.6 Å². The minimum Gasteiger partial charge on any atom is -0.461 e. The van der Waals surface area contributed by atoms with E-state index >= 15 is 0 Å². The average Bonchev–Trinajstić information content (AvgIpc) is 2.58. The van der Waals surface area contributed by atoms with E-state index in [1.54, 1.807) is 6.08 Å². The Bertz CT molecular complexity index is 341. The molecule has 0 spiro atoms. The third kappa shape index (κ3) is 2.72. The lowest BCUT2D eigenvalue weighted by Crippen LogP contribution is -2.10. The van der Waals surface area contributed by atoms with Gasteiger partial charge in [-0.1, -0.05) is 13.0 Å². The molecule has 0 aromatic carbocycles. The van der Waals surface area contributed by atoms with Crippen molar-refractivity contribution in [2.24, 2.45) is 5.92 Å². The van der Waals surface area contributed by atoms with Crippen LogP contribution in [-0.4, -0.2) is 18.5 Å². The van der Waals surface area contributed by atoms with Crippen molar-refractivity contribution < 1.29 is 19.1 Å². The van der Waals surface area contributed by atoms with Crippen LogP contribution < -0.4 is 0 Å². The molecule has 1 fully saturated rings. The lowest BCUT2D eigenvalue weighted by Gasteiger charge is -2.10. The number of allylic oxidation sites excluding steroid dienone is 1. The number of carbonyl (C=O) groups is 2. The van der Waals surface area contributed by atoms with Crippen LogP contribution in [0.2, 0.25) is 0 Å². The fourth-order valence-electron chi connectivity index (χ4n) is 1.63. The van der Waals surface area contributed by atoms with E-state index in [1.807, 2.05) is 6.92 Å². The van der Waals surface area contributed by atoms with Gasteiger partial charge in [-0.15, -0.1) is 6.58 Å². The number of cyclic esters (lactones) is 1. The lowest BCUT2D eigenvalue weighted by atomic mass is 9.99. The summed E-state index contributed by atoms with van der Waals surface area (Å²) in [7, 11) is 0. The van der Waals surface area contributed by atoms with Crippen molar-refractivity contribution >= 4 is 11.9 Å². The third-order valence-corrected chi connectivity index (χ3v) is 2.31. The number of esters is 2. The van der Waals surface area contributed by atoms with Crippen LogP contribution in [0.15, 0.2) is 24.0 Å². The van der Waals surface area contributed by atoms with E-state index in [9.17, 15) is 9.59 Å². The number of ether oxygens (including phenoxy) is 2. The summed E-state index contributed by atoms with van der Waals surface area (Å²) < 4.78 is 9.99. The fourth-order valence-corrected chi connectivity index (χ4v) is 1.63. The Morgan fingerprint density at radius 3 is 2.88 bits per heavy atom. The summed E-state index contributed by atoms with van der Waals surface area (Å²) in [6, 6.07) is 0. The highest BCUT2D eigenvalue weighted by atomic mass is 16.6. The number of carbonyl (C=O) groups excluding carboxylic acids is 2. The summed E-state index contributed by atoms with van der Waals surface area (Å²) >= 11 is 0. The Morgan fingerprint density at radius 1 is 1.69 bits per heavy atom. The van der Waals surface area contributed by atoms with Crippen molar-refractivity contribution in [1.29, 1.82) is 0 Å². The van der Waals surface area contributed by atoms with Gasteiger partial charge < -0.3 is 9.47 Å². The van der Waals surface area contributed by atoms with Crippen molar-refractivity contribution in [3.05, 3.63) is 24.0 Å². The molecule has 0 unspecified atom stereocenters. The van der Waals surface area contributed by atoms with E-state index in [2.05, 4.69) is 6.58 Å². The van der Waals surface area contributed by atoms with Crippen molar-refractivity contribution in [3.8, 4) is 0 Å². The molecule has 0 aliphatic carbocycles. The molecular formula is C12H16O4. The molecule has 0 amide bonds. The quantitative estimate of drug-likeness (QED) is 0.317. The molecule has 0 aromatic rings. The Kier molecular flexibility index (Phi) is 4.28. The maximum Gasteiger partial charge on any atom is 0.338 e. The molecule has 1 aliphatic heterocycles. The van der Waals surface area contributed by atoms with E-state index < -0.39 is 11.9 Å². The van der Waals surface area contributed by atoms with Gasteiger partial charge in [0.05, 0.1) is 5.57 Å². The fraction of sp³-hybridized carbons (Fsp3) is 0.500. The first kappa shape index (κ1) is 12.5. The molecule has 1 rings (SSSR count). The standard InChI is InChI=1S/C12H16O4/c1-4-6-10(16-8(3)13)11-9(5-2)7-15-12(11)14/h5,9H,2,4,6-7H2,1,3H3/b11-10-/t9-/m0/s1. The second-order valence-corrected chi connectivity index (χ2v) is 3.62. The number of hydrogen-bond donors (Lipinski definition) is 0. The average molecular weight is 224 g/mol. The molecule has 0 radical (unpaired) electrons. The van der Waals surface area contributed by atoms with Gasteiger partial charge in [-0.2, -0.15) is 0 Å². The van der Waals surface area contributed by atoms with Gasteiger partial charge in [-0.25, -0.2) is 4.79 Å². The van der Waals surface area contributed by atoms with Crippen molar-refractivity contribution in [1.82, 2.24) is 0 Å². The predicted octanol–water partition coefficient (Wildman–Crippen LogP) is 1.96. The van der Waals surface area contributed by atoms with Crippen LogP contribution in [0.25, 0.3) is 0 Å². The van der Waals surface area contributed by atoms with Crippen LogP contribution in [0, 0.1) is 5.92 Å². The second-order valence-electron chi connectivity index (χ2n) is 3.62. The van der Waals surface area contributed by atoms with Crippen molar-refractivity contribution in [2.45, 2.75) is 26.7 Å². The van der Waals surface area contributed by atoms with Gasteiger partial charge in [0, 0.05) is 19.3 Å². The normalized spacial score (nSPS) is 22.6. The zero-order valence-corrected chi connectivity index (χ0v) is 9.62.